The number of nitrogens with one attached hydrogen (secondary N) is 1. The van der Waals surface area contributed by atoms with Crippen LogP contribution in [0.25, 0.3) is 0 Å². The summed E-state index contributed by atoms with van der Waals surface area (Å²) in [6.07, 6.45) is 2.18. The number of rotatable bonds is 4. The number of carboxylic acid groups (broad SMARTS) is 1. The van der Waals surface area contributed by atoms with E-state index in [2.05, 4.69) is 36.5 Å². The first-order valence-electron chi connectivity index (χ1n) is 6.37. The molecule has 4 heteroatoms. The van der Waals surface area contributed by atoms with Gasteiger partial charge in [0.15, 0.2) is 0 Å². The number of aliphatic carboxylic acids is 1. The van der Waals surface area contributed by atoms with Gasteiger partial charge in [-0.15, -0.1) is 0 Å². The van der Waals surface area contributed by atoms with Gasteiger partial charge in [-0.25, -0.2) is 0 Å². The van der Waals surface area contributed by atoms with Gasteiger partial charge < -0.3 is 9.84 Å². The van der Waals surface area contributed by atoms with Gasteiger partial charge in [0.2, 0.25) is 0 Å². The van der Waals surface area contributed by atoms with Gasteiger partial charge >= 0.3 is 5.97 Å². The van der Waals surface area contributed by atoms with E-state index in [0.29, 0.717) is 6.54 Å². The summed E-state index contributed by atoms with van der Waals surface area (Å²) in [4.78, 5) is 10.8. The number of carboxylic acids is 1. The summed E-state index contributed by atoms with van der Waals surface area (Å²) in [5.74, 6) is -0.855. The molecular formula is C14H19NO3. The minimum absolute atomic E-state index is 0.0451. The lowest BCUT2D eigenvalue weighted by Gasteiger charge is -2.28. The van der Waals surface area contributed by atoms with E-state index < -0.39 is 12.0 Å². The highest BCUT2D eigenvalue weighted by Crippen LogP contribution is 2.21. The molecule has 1 saturated heterocycles. The lowest BCUT2D eigenvalue weighted by molar-refractivity contribution is -0.144. The third-order valence-electron chi connectivity index (χ3n) is 3.20. The number of morpholine rings is 1. The Hall–Kier alpha value is -1.39. The molecule has 1 aromatic carbocycles. The Bertz CT molecular complexity index is 394. The number of carbonyl (C=O) groups is 1. The van der Waals surface area contributed by atoms with Crippen molar-refractivity contribution in [2.24, 2.45) is 0 Å². The fraction of sp³-hybridized carbons (Fsp3) is 0.500. The average molecular weight is 249 g/mol. The normalized spacial score (nSPS) is 23.8. The Balaban J connectivity index is 1.95. The molecule has 0 aliphatic carbocycles. The maximum atomic E-state index is 10.8. The van der Waals surface area contributed by atoms with Crippen LogP contribution in [0.5, 0.6) is 0 Å². The first kappa shape index (κ1) is 13.1. The van der Waals surface area contributed by atoms with E-state index in [-0.39, 0.29) is 12.7 Å². The number of benzene rings is 1. The van der Waals surface area contributed by atoms with Crippen LogP contribution < -0.4 is 5.32 Å². The lowest BCUT2D eigenvalue weighted by atomic mass is 10.0. The Morgan fingerprint density at radius 3 is 2.67 bits per heavy atom. The van der Waals surface area contributed by atoms with Crippen LogP contribution in [0.1, 0.15) is 30.6 Å². The quantitative estimate of drug-likeness (QED) is 0.853. The average Bonchev–Trinajstić information content (AvgIpc) is 2.40. The maximum absolute atomic E-state index is 10.8. The van der Waals surface area contributed by atoms with Crippen molar-refractivity contribution in [1.29, 1.82) is 0 Å². The van der Waals surface area contributed by atoms with Gasteiger partial charge in [0, 0.05) is 6.54 Å². The van der Waals surface area contributed by atoms with Crippen molar-refractivity contribution in [1.82, 2.24) is 5.32 Å². The van der Waals surface area contributed by atoms with Crippen LogP contribution in [0.4, 0.5) is 0 Å². The highest BCUT2D eigenvalue weighted by molar-refractivity contribution is 5.73. The van der Waals surface area contributed by atoms with E-state index in [9.17, 15) is 4.79 Å². The zero-order valence-corrected chi connectivity index (χ0v) is 10.6. The van der Waals surface area contributed by atoms with E-state index in [1.165, 1.54) is 5.56 Å². The molecule has 1 heterocycles. The summed E-state index contributed by atoms with van der Waals surface area (Å²) < 4.78 is 5.59. The molecule has 1 aromatic rings. The molecule has 1 fully saturated rings. The molecule has 2 N–H and O–H groups in total. The molecule has 0 amide bonds. The first-order chi connectivity index (χ1) is 8.70. The zero-order chi connectivity index (χ0) is 13.0. The van der Waals surface area contributed by atoms with Gasteiger partial charge in [-0.05, 0) is 17.5 Å². The van der Waals surface area contributed by atoms with Gasteiger partial charge in [0.05, 0.1) is 12.7 Å². The molecule has 0 saturated carbocycles. The topological polar surface area (TPSA) is 58.6 Å². The smallest absolute Gasteiger partial charge is 0.323 e. The van der Waals surface area contributed by atoms with Gasteiger partial charge in [0.1, 0.15) is 6.04 Å². The fourth-order valence-electron chi connectivity index (χ4n) is 2.14. The van der Waals surface area contributed by atoms with E-state index >= 15 is 0 Å². The van der Waals surface area contributed by atoms with Gasteiger partial charge in [-0.1, -0.05) is 37.6 Å². The molecule has 98 valence electrons. The third kappa shape index (κ3) is 3.09. The number of aryl methyl sites for hydroxylation is 1. The van der Waals surface area contributed by atoms with E-state index in [0.717, 1.165) is 18.4 Å². The van der Waals surface area contributed by atoms with Crippen molar-refractivity contribution in [2.45, 2.75) is 31.9 Å². The number of ether oxygens (including phenoxy) is 1. The highest BCUT2D eigenvalue weighted by atomic mass is 16.5. The minimum atomic E-state index is -0.855. The predicted molar refractivity (Wildman–Crippen MR) is 68.6 cm³/mol. The summed E-state index contributed by atoms with van der Waals surface area (Å²) >= 11 is 0. The predicted octanol–water partition coefficient (Wildman–Crippen LogP) is 1.75. The SMILES string of the molecule is CCCc1ccc(C2CNC(C(=O)O)CO2)cc1. The Labute approximate surface area is 107 Å². The molecule has 2 atom stereocenters. The van der Waals surface area contributed by atoms with Crippen LogP contribution in [-0.4, -0.2) is 30.3 Å². The standard InChI is InChI=1S/C14H19NO3/c1-2-3-10-4-6-11(7-5-10)13-8-15-12(9-18-13)14(16)17/h4-7,12-13,15H,2-3,8-9H2,1H3,(H,16,17). The van der Waals surface area contributed by atoms with Crippen LogP contribution in [0.15, 0.2) is 24.3 Å². The molecule has 1 aliphatic rings. The third-order valence-corrected chi connectivity index (χ3v) is 3.20. The van der Waals surface area contributed by atoms with Crippen LogP contribution in [0.3, 0.4) is 0 Å². The monoisotopic (exact) mass is 249 g/mol. The summed E-state index contributed by atoms with van der Waals surface area (Å²) in [6.45, 7) is 2.93. The molecule has 1 aliphatic heterocycles. The Morgan fingerprint density at radius 2 is 2.17 bits per heavy atom. The van der Waals surface area contributed by atoms with E-state index in [1.807, 2.05) is 0 Å². The van der Waals surface area contributed by atoms with Crippen molar-refractivity contribution < 1.29 is 14.6 Å². The summed E-state index contributed by atoms with van der Waals surface area (Å²) in [7, 11) is 0. The molecule has 18 heavy (non-hydrogen) atoms. The zero-order valence-electron chi connectivity index (χ0n) is 10.6. The van der Waals surface area contributed by atoms with Gasteiger partial charge in [0.25, 0.3) is 0 Å². The second-order valence-electron chi connectivity index (χ2n) is 4.61. The lowest BCUT2D eigenvalue weighted by Crippen LogP contribution is -2.47. The van der Waals surface area contributed by atoms with Crippen LogP contribution in [-0.2, 0) is 16.0 Å². The molecule has 0 bridgehead atoms. The summed E-state index contributed by atoms with van der Waals surface area (Å²) in [6, 6.07) is 7.79. The van der Waals surface area contributed by atoms with Crippen molar-refractivity contribution in [2.75, 3.05) is 13.2 Å². The molecule has 0 spiro atoms. The first-order valence-corrected chi connectivity index (χ1v) is 6.37. The van der Waals surface area contributed by atoms with Crippen molar-refractivity contribution in [3.05, 3.63) is 35.4 Å². The molecule has 0 radical (unpaired) electrons. The van der Waals surface area contributed by atoms with Crippen molar-refractivity contribution in [3.8, 4) is 0 Å². The van der Waals surface area contributed by atoms with Crippen molar-refractivity contribution in [3.63, 3.8) is 0 Å². The molecule has 2 unspecified atom stereocenters. The highest BCUT2D eigenvalue weighted by Gasteiger charge is 2.26. The van der Waals surface area contributed by atoms with Crippen molar-refractivity contribution >= 4 is 5.97 Å². The largest absolute Gasteiger partial charge is 0.480 e. The second kappa shape index (κ2) is 5.98. The van der Waals surface area contributed by atoms with E-state index in [4.69, 9.17) is 9.84 Å². The number of hydrogen-bond donors (Lipinski definition) is 2. The summed E-state index contributed by atoms with van der Waals surface area (Å²) in [5.41, 5.74) is 2.43. The Kier molecular flexibility index (Phi) is 4.33. The van der Waals surface area contributed by atoms with Crippen LogP contribution in [0.2, 0.25) is 0 Å². The Morgan fingerprint density at radius 1 is 1.44 bits per heavy atom. The molecular weight excluding hydrogens is 230 g/mol. The molecule has 4 nitrogen and oxygen atoms in total. The number of hydrogen-bond acceptors (Lipinski definition) is 3. The molecule has 2 rings (SSSR count). The maximum Gasteiger partial charge on any atom is 0.323 e. The van der Waals surface area contributed by atoms with E-state index in [1.54, 1.807) is 0 Å². The second-order valence-corrected chi connectivity index (χ2v) is 4.61. The van der Waals surface area contributed by atoms with Crippen LogP contribution in [0, 0.1) is 0 Å². The van der Waals surface area contributed by atoms with Gasteiger partial charge in [-0.3, -0.25) is 10.1 Å². The fourth-order valence-corrected chi connectivity index (χ4v) is 2.14. The van der Waals surface area contributed by atoms with Gasteiger partial charge in [-0.2, -0.15) is 0 Å². The minimum Gasteiger partial charge on any atom is -0.480 e. The summed E-state index contributed by atoms with van der Waals surface area (Å²) in [5, 5.41) is 11.8. The molecule has 0 aromatic heterocycles. The van der Waals surface area contributed by atoms with Crippen LogP contribution >= 0.6 is 0 Å².